The molecule has 1 aromatic rings. The molecule has 0 radical (unpaired) electrons. The smallest absolute Gasteiger partial charge is 0.0239 e. The Morgan fingerprint density at radius 3 is 2.25 bits per heavy atom. The van der Waals surface area contributed by atoms with Gasteiger partial charge < -0.3 is 5.32 Å². The molecule has 0 atom stereocenters. The Morgan fingerprint density at radius 1 is 1.05 bits per heavy atom. The van der Waals surface area contributed by atoms with E-state index < -0.39 is 0 Å². The fourth-order valence-electron chi connectivity index (χ4n) is 2.41. The monoisotopic (exact) mass is 276 g/mol. The zero-order valence-corrected chi connectivity index (χ0v) is 13.9. The first-order valence-electron chi connectivity index (χ1n) is 8.06. The van der Waals surface area contributed by atoms with Gasteiger partial charge in [-0.05, 0) is 50.4 Å². The van der Waals surface area contributed by atoms with Gasteiger partial charge in [0.15, 0.2) is 0 Å². The lowest BCUT2D eigenvalue weighted by molar-refractivity contribution is 0.212. The van der Waals surface area contributed by atoms with Crippen LogP contribution in [0.25, 0.3) is 0 Å². The molecule has 2 heteroatoms. The van der Waals surface area contributed by atoms with E-state index in [0.29, 0.717) is 12.0 Å². The van der Waals surface area contributed by atoms with E-state index in [-0.39, 0.29) is 0 Å². The van der Waals surface area contributed by atoms with Crippen LogP contribution in [0.15, 0.2) is 24.3 Å². The molecule has 0 saturated heterocycles. The molecule has 0 aliphatic carbocycles. The predicted molar refractivity (Wildman–Crippen MR) is 88.8 cm³/mol. The maximum Gasteiger partial charge on any atom is 0.0239 e. The van der Waals surface area contributed by atoms with Crippen molar-refractivity contribution in [3.8, 4) is 0 Å². The van der Waals surface area contributed by atoms with Gasteiger partial charge in [-0.15, -0.1) is 0 Å². The quantitative estimate of drug-likeness (QED) is 0.732. The highest BCUT2D eigenvalue weighted by atomic mass is 15.1. The number of nitrogens with one attached hydrogen (secondary N) is 1. The number of nitrogens with zero attached hydrogens (tertiary/aromatic N) is 1. The van der Waals surface area contributed by atoms with Crippen LogP contribution in [0.5, 0.6) is 0 Å². The highest BCUT2D eigenvalue weighted by Crippen LogP contribution is 2.14. The van der Waals surface area contributed by atoms with Crippen molar-refractivity contribution in [2.24, 2.45) is 5.92 Å². The Bertz CT molecular complexity index is 371. The van der Waals surface area contributed by atoms with Crippen LogP contribution in [-0.2, 0) is 13.1 Å². The van der Waals surface area contributed by atoms with Gasteiger partial charge in [-0.1, -0.05) is 45.0 Å². The molecule has 0 spiro atoms. The average molecular weight is 276 g/mol. The van der Waals surface area contributed by atoms with Gasteiger partial charge in [0, 0.05) is 19.1 Å². The third-order valence-corrected chi connectivity index (χ3v) is 3.60. The number of hydrogen-bond acceptors (Lipinski definition) is 2. The first-order valence-corrected chi connectivity index (χ1v) is 8.06. The van der Waals surface area contributed by atoms with Crippen LogP contribution in [0, 0.1) is 5.92 Å². The van der Waals surface area contributed by atoms with Crippen molar-refractivity contribution in [1.82, 2.24) is 10.2 Å². The average Bonchev–Trinajstić information content (AvgIpc) is 2.39. The largest absolute Gasteiger partial charge is 0.312 e. The molecule has 0 aliphatic rings. The van der Waals surface area contributed by atoms with E-state index in [9.17, 15) is 0 Å². The minimum Gasteiger partial charge on any atom is -0.312 e. The second kappa shape index (κ2) is 9.15. The lowest BCUT2D eigenvalue weighted by Crippen LogP contribution is -2.31. The van der Waals surface area contributed by atoms with Gasteiger partial charge >= 0.3 is 0 Å². The molecule has 1 N–H and O–H groups in total. The van der Waals surface area contributed by atoms with Crippen LogP contribution in [0.2, 0.25) is 0 Å². The molecular formula is C18H32N2. The summed E-state index contributed by atoms with van der Waals surface area (Å²) >= 11 is 0. The Morgan fingerprint density at radius 2 is 1.70 bits per heavy atom. The Labute approximate surface area is 125 Å². The molecule has 20 heavy (non-hydrogen) atoms. The summed E-state index contributed by atoms with van der Waals surface area (Å²) in [7, 11) is 0. The molecule has 0 saturated carbocycles. The molecule has 0 aliphatic heterocycles. The summed E-state index contributed by atoms with van der Waals surface area (Å²) in [6.07, 6.45) is 1.21. The molecular weight excluding hydrogens is 244 g/mol. The topological polar surface area (TPSA) is 15.3 Å². The van der Waals surface area contributed by atoms with Gasteiger partial charge in [0.25, 0.3) is 0 Å². The summed E-state index contributed by atoms with van der Waals surface area (Å²) in [6, 6.07) is 9.44. The zero-order chi connectivity index (χ0) is 15.0. The van der Waals surface area contributed by atoms with Gasteiger partial charge in [-0.25, -0.2) is 0 Å². The van der Waals surface area contributed by atoms with Gasteiger partial charge in [0.2, 0.25) is 0 Å². The molecule has 114 valence electrons. The first-order chi connectivity index (χ1) is 9.54. The van der Waals surface area contributed by atoms with Crippen molar-refractivity contribution in [1.29, 1.82) is 0 Å². The van der Waals surface area contributed by atoms with E-state index in [1.54, 1.807) is 0 Å². The summed E-state index contributed by atoms with van der Waals surface area (Å²) in [6.45, 7) is 15.6. The Kier molecular flexibility index (Phi) is 7.86. The minimum absolute atomic E-state index is 0.603. The first kappa shape index (κ1) is 17.2. The molecule has 1 rings (SSSR count). The third-order valence-electron chi connectivity index (χ3n) is 3.60. The summed E-state index contributed by atoms with van der Waals surface area (Å²) in [5.74, 6) is 0.703. The lowest BCUT2D eigenvalue weighted by Gasteiger charge is -2.27. The van der Waals surface area contributed by atoms with E-state index >= 15 is 0 Å². The molecule has 0 amide bonds. The van der Waals surface area contributed by atoms with Crippen molar-refractivity contribution in [3.63, 3.8) is 0 Å². The van der Waals surface area contributed by atoms with Crippen molar-refractivity contribution in [2.75, 3.05) is 13.1 Å². The van der Waals surface area contributed by atoms with E-state index in [4.69, 9.17) is 0 Å². The van der Waals surface area contributed by atoms with Crippen LogP contribution >= 0.6 is 0 Å². The van der Waals surface area contributed by atoms with Crippen molar-refractivity contribution in [2.45, 2.75) is 60.2 Å². The standard InChI is InChI=1S/C18H32N2/c1-6-11-20(16(4)5)14-18-10-8-7-9-17(18)13-19-12-15(2)3/h7-10,15-16,19H,6,11-14H2,1-5H3. The minimum atomic E-state index is 0.603. The fraction of sp³-hybridized carbons (Fsp3) is 0.667. The SMILES string of the molecule is CCCN(Cc1ccccc1CNCC(C)C)C(C)C. The van der Waals surface area contributed by atoms with Crippen LogP contribution in [-0.4, -0.2) is 24.0 Å². The van der Waals surface area contributed by atoms with Crippen LogP contribution in [0.3, 0.4) is 0 Å². The normalized spacial score (nSPS) is 11.8. The molecule has 2 nitrogen and oxygen atoms in total. The summed E-state index contributed by atoms with van der Waals surface area (Å²) in [4.78, 5) is 2.56. The molecule has 0 bridgehead atoms. The summed E-state index contributed by atoms with van der Waals surface area (Å²) < 4.78 is 0. The zero-order valence-electron chi connectivity index (χ0n) is 13.9. The molecule has 0 fully saturated rings. The molecule has 1 aromatic carbocycles. The van der Waals surface area contributed by atoms with Gasteiger partial charge in [-0.3, -0.25) is 4.90 Å². The van der Waals surface area contributed by atoms with Crippen LogP contribution in [0.1, 0.15) is 52.2 Å². The number of benzene rings is 1. The fourth-order valence-corrected chi connectivity index (χ4v) is 2.41. The highest BCUT2D eigenvalue weighted by Gasteiger charge is 2.11. The van der Waals surface area contributed by atoms with Crippen molar-refractivity contribution in [3.05, 3.63) is 35.4 Å². The van der Waals surface area contributed by atoms with Crippen LogP contribution in [0.4, 0.5) is 0 Å². The number of rotatable bonds is 9. The van der Waals surface area contributed by atoms with E-state index in [1.165, 1.54) is 24.1 Å². The summed E-state index contributed by atoms with van der Waals surface area (Å²) in [5, 5.41) is 3.56. The van der Waals surface area contributed by atoms with E-state index in [0.717, 1.165) is 19.6 Å². The van der Waals surface area contributed by atoms with Crippen molar-refractivity contribution >= 4 is 0 Å². The lowest BCUT2D eigenvalue weighted by atomic mass is 10.1. The summed E-state index contributed by atoms with van der Waals surface area (Å²) in [5.41, 5.74) is 2.90. The van der Waals surface area contributed by atoms with Crippen LogP contribution < -0.4 is 5.32 Å². The van der Waals surface area contributed by atoms with Gasteiger partial charge in [-0.2, -0.15) is 0 Å². The molecule has 0 unspecified atom stereocenters. The maximum absolute atomic E-state index is 3.56. The number of hydrogen-bond donors (Lipinski definition) is 1. The van der Waals surface area contributed by atoms with E-state index in [2.05, 4.69) is 69.1 Å². The second-order valence-corrected chi connectivity index (χ2v) is 6.36. The molecule has 0 aromatic heterocycles. The Hall–Kier alpha value is -0.860. The van der Waals surface area contributed by atoms with Crippen molar-refractivity contribution < 1.29 is 0 Å². The predicted octanol–water partition coefficient (Wildman–Crippen LogP) is 4.05. The Balaban J connectivity index is 2.68. The van der Waals surface area contributed by atoms with E-state index in [1.807, 2.05) is 0 Å². The molecule has 0 heterocycles. The highest BCUT2D eigenvalue weighted by molar-refractivity contribution is 5.27. The maximum atomic E-state index is 3.56. The van der Waals surface area contributed by atoms with Gasteiger partial charge in [0.05, 0.1) is 0 Å². The second-order valence-electron chi connectivity index (χ2n) is 6.36. The third kappa shape index (κ3) is 6.06. The van der Waals surface area contributed by atoms with Gasteiger partial charge in [0.1, 0.15) is 0 Å².